The molecule has 1 aliphatic rings. The van der Waals surface area contributed by atoms with E-state index in [1.807, 2.05) is 19.1 Å². The number of rotatable bonds is 6. The van der Waals surface area contributed by atoms with E-state index in [9.17, 15) is 4.79 Å². The summed E-state index contributed by atoms with van der Waals surface area (Å²) in [5.74, 6) is -0.1000. The van der Waals surface area contributed by atoms with Gasteiger partial charge in [0.15, 0.2) is 0 Å². The maximum Gasteiger partial charge on any atom is 0.269 e. The second-order valence-corrected chi connectivity index (χ2v) is 5.50. The molecule has 2 rings (SSSR count). The summed E-state index contributed by atoms with van der Waals surface area (Å²) in [5.41, 5.74) is 1.59. The van der Waals surface area contributed by atoms with Gasteiger partial charge in [-0.2, -0.15) is 0 Å². The number of anilines is 1. The molecule has 1 unspecified atom stereocenters. The molecule has 1 aromatic heterocycles. The van der Waals surface area contributed by atoms with Crippen molar-refractivity contribution in [3.8, 4) is 0 Å². The van der Waals surface area contributed by atoms with Gasteiger partial charge < -0.3 is 15.5 Å². The van der Waals surface area contributed by atoms with Crippen molar-refractivity contribution in [1.82, 2.24) is 15.6 Å². The molecular formula is C16H26N4O. The first kappa shape index (κ1) is 15.8. The van der Waals surface area contributed by atoms with Crippen molar-refractivity contribution in [3.05, 3.63) is 24.0 Å². The number of carbonyl (C=O) groups is 1. The largest absolute Gasteiger partial charge is 0.370 e. The maximum atomic E-state index is 11.9. The van der Waals surface area contributed by atoms with E-state index in [2.05, 4.69) is 27.4 Å². The molecule has 1 fully saturated rings. The van der Waals surface area contributed by atoms with Crippen LogP contribution < -0.4 is 15.5 Å². The summed E-state index contributed by atoms with van der Waals surface area (Å²) in [6.45, 7) is 7.84. The van der Waals surface area contributed by atoms with E-state index >= 15 is 0 Å². The van der Waals surface area contributed by atoms with E-state index in [0.29, 0.717) is 18.3 Å². The molecule has 0 spiro atoms. The highest BCUT2D eigenvalue weighted by molar-refractivity contribution is 5.93. The monoisotopic (exact) mass is 290 g/mol. The zero-order chi connectivity index (χ0) is 15.1. The van der Waals surface area contributed by atoms with Gasteiger partial charge in [-0.15, -0.1) is 0 Å². The smallest absolute Gasteiger partial charge is 0.269 e. The minimum Gasteiger partial charge on any atom is -0.370 e. The fourth-order valence-electron chi connectivity index (χ4n) is 2.72. The van der Waals surface area contributed by atoms with Crippen LogP contribution in [0.1, 0.15) is 43.6 Å². The van der Waals surface area contributed by atoms with Crippen molar-refractivity contribution in [1.29, 1.82) is 0 Å². The molecule has 5 nitrogen and oxygen atoms in total. The van der Waals surface area contributed by atoms with Gasteiger partial charge in [0.1, 0.15) is 5.69 Å². The molecule has 1 atom stereocenters. The van der Waals surface area contributed by atoms with Gasteiger partial charge in [0.2, 0.25) is 0 Å². The molecule has 1 saturated heterocycles. The lowest BCUT2D eigenvalue weighted by atomic mass is 10.0. The van der Waals surface area contributed by atoms with Gasteiger partial charge in [-0.1, -0.05) is 6.92 Å². The standard InChI is InChI=1S/C16H26N4O/c1-3-8-18-13-6-5-10-20(12-13)14-7-9-19-15(11-14)16(21)17-4-2/h7,9,11,13,18H,3-6,8,10,12H2,1-2H3,(H,17,21). The second kappa shape index (κ2) is 7.98. The summed E-state index contributed by atoms with van der Waals surface area (Å²) in [4.78, 5) is 18.4. The Kier molecular flexibility index (Phi) is 5.99. The van der Waals surface area contributed by atoms with E-state index in [-0.39, 0.29) is 5.91 Å². The molecule has 0 bridgehead atoms. The van der Waals surface area contributed by atoms with E-state index in [1.165, 1.54) is 12.8 Å². The molecule has 116 valence electrons. The van der Waals surface area contributed by atoms with E-state index < -0.39 is 0 Å². The van der Waals surface area contributed by atoms with Gasteiger partial charge in [0.25, 0.3) is 5.91 Å². The van der Waals surface area contributed by atoms with Crippen LogP contribution >= 0.6 is 0 Å². The zero-order valence-electron chi connectivity index (χ0n) is 13.1. The highest BCUT2D eigenvalue weighted by Gasteiger charge is 2.20. The summed E-state index contributed by atoms with van der Waals surface area (Å²) in [5, 5.41) is 6.39. The topological polar surface area (TPSA) is 57.3 Å². The van der Waals surface area contributed by atoms with Gasteiger partial charge in [0.05, 0.1) is 0 Å². The van der Waals surface area contributed by atoms with Crippen LogP contribution in [-0.4, -0.2) is 43.1 Å². The van der Waals surface area contributed by atoms with Crippen molar-refractivity contribution in [3.63, 3.8) is 0 Å². The van der Waals surface area contributed by atoms with Gasteiger partial charge in [0, 0.05) is 37.6 Å². The van der Waals surface area contributed by atoms with Gasteiger partial charge in [-0.3, -0.25) is 9.78 Å². The van der Waals surface area contributed by atoms with Crippen LogP contribution in [0, 0.1) is 0 Å². The summed E-state index contributed by atoms with van der Waals surface area (Å²) in [6, 6.07) is 4.43. The number of carbonyl (C=O) groups excluding carboxylic acids is 1. The fourth-order valence-corrected chi connectivity index (χ4v) is 2.72. The van der Waals surface area contributed by atoms with Crippen molar-refractivity contribution in [2.75, 3.05) is 31.1 Å². The van der Waals surface area contributed by atoms with Crippen LogP contribution in [0.2, 0.25) is 0 Å². The molecule has 2 N–H and O–H groups in total. The molecule has 21 heavy (non-hydrogen) atoms. The number of nitrogens with zero attached hydrogens (tertiary/aromatic N) is 2. The maximum absolute atomic E-state index is 11.9. The minimum absolute atomic E-state index is 0.1000. The Hall–Kier alpha value is -1.62. The van der Waals surface area contributed by atoms with Crippen molar-refractivity contribution in [2.45, 2.75) is 39.2 Å². The number of hydrogen-bond donors (Lipinski definition) is 2. The van der Waals surface area contributed by atoms with Crippen LogP contribution in [0.15, 0.2) is 18.3 Å². The van der Waals surface area contributed by atoms with Gasteiger partial charge >= 0.3 is 0 Å². The molecule has 1 amide bonds. The Morgan fingerprint density at radius 1 is 1.48 bits per heavy atom. The first-order valence-corrected chi connectivity index (χ1v) is 7.97. The lowest BCUT2D eigenvalue weighted by Crippen LogP contribution is -2.46. The van der Waals surface area contributed by atoms with Crippen LogP contribution in [0.25, 0.3) is 0 Å². The van der Waals surface area contributed by atoms with Crippen LogP contribution in [0.4, 0.5) is 5.69 Å². The first-order chi connectivity index (χ1) is 10.2. The third-order valence-electron chi connectivity index (χ3n) is 3.78. The molecule has 1 aromatic rings. The molecule has 2 heterocycles. The second-order valence-electron chi connectivity index (χ2n) is 5.50. The van der Waals surface area contributed by atoms with Crippen molar-refractivity contribution >= 4 is 11.6 Å². The normalized spacial score (nSPS) is 18.6. The lowest BCUT2D eigenvalue weighted by Gasteiger charge is -2.35. The number of pyridine rings is 1. The summed E-state index contributed by atoms with van der Waals surface area (Å²) in [7, 11) is 0. The van der Waals surface area contributed by atoms with E-state index in [1.54, 1.807) is 6.20 Å². The molecule has 1 aliphatic heterocycles. The Balaban J connectivity index is 2.03. The average Bonchev–Trinajstić information content (AvgIpc) is 2.53. The number of piperidine rings is 1. The van der Waals surface area contributed by atoms with Crippen molar-refractivity contribution in [2.24, 2.45) is 0 Å². The molecule has 0 radical (unpaired) electrons. The SMILES string of the molecule is CCCNC1CCCN(c2ccnc(C(=O)NCC)c2)C1. The van der Waals surface area contributed by atoms with Crippen LogP contribution in [0.5, 0.6) is 0 Å². The van der Waals surface area contributed by atoms with Crippen LogP contribution in [0.3, 0.4) is 0 Å². The predicted molar refractivity (Wildman–Crippen MR) is 85.8 cm³/mol. The quantitative estimate of drug-likeness (QED) is 0.839. The Bertz CT molecular complexity index is 463. The van der Waals surface area contributed by atoms with E-state index in [4.69, 9.17) is 0 Å². The molecule has 5 heteroatoms. The predicted octanol–water partition coefficient (Wildman–Crippen LogP) is 1.80. The lowest BCUT2D eigenvalue weighted by molar-refractivity contribution is 0.0951. The highest BCUT2D eigenvalue weighted by Crippen LogP contribution is 2.20. The average molecular weight is 290 g/mol. The number of aromatic nitrogens is 1. The van der Waals surface area contributed by atoms with Crippen LogP contribution in [-0.2, 0) is 0 Å². The Labute approximate surface area is 127 Å². The summed E-state index contributed by atoms with van der Waals surface area (Å²) >= 11 is 0. The summed E-state index contributed by atoms with van der Waals surface area (Å²) in [6.07, 6.45) is 5.29. The number of amides is 1. The first-order valence-electron chi connectivity index (χ1n) is 7.97. The third kappa shape index (κ3) is 4.43. The van der Waals surface area contributed by atoms with E-state index in [0.717, 1.165) is 31.7 Å². The number of hydrogen-bond acceptors (Lipinski definition) is 4. The van der Waals surface area contributed by atoms with Gasteiger partial charge in [-0.05, 0) is 44.9 Å². The Morgan fingerprint density at radius 2 is 2.33 bits per heavy atom. The number of nitrogens with one attached hydrogen (secondary N) is 2. The molecule has 0 saturated carbocycles. The molecular weight excluding hydrogens is 264 g/mol. The molecule has 0 aromatic carbocycles. The van der Waals surface area contributed by atoms with Crippen molar-refractivity contribution < 1.29 is 4.79 Å². The highest BCUT2D eigenvalue weighted by atomic mass is 16.1. The molecule has 0 aliphatic carbocycles. The summed E-state index contributed by atoms with van der Waals surface area (Å²) < 4.78 is 0. The van der Waals surface area contributed by atoms with Gasteiger partial charge in [-0.25, -0.2) is 0 Å². The zero-order valence-corrected chi connectivity index (χ0v) is 13.1. The third-order valence-corrected chi connectivity index (χ3v) is 3.78. The minimum atomic E-state index is -0.1000. The fraction of sp³-hybridized carbons (Fsp3) is 0.625. The Morgan fingerprint density at radius 3 is 3.10 bits per heavy atom.